The van der Waals surface area contributed by atoms with Crippen molar-refractivity contribution >= 4 is 0 Å². The normalized spacial score (nSPS) is 31.7. The van der Waals surface area contributed by atoms with Crippen LogP contribution in [-0.2, 0) is 0 Å². The van der Waals surface area contributed by atoms with Crippen LogP contribution in [0.3, 0.4) is 0 Å². The molecule has 3 nitrogen and oxygen atoms in total. The molecule has 2 aliphatic heterocycles. The van der Waals surface area contributed by atoms with E-state index in [1.165, 1.54) is 37.9 Å². The third kappa shape index (κ3) is 2.82. The molecular formula is C18H26N2O. The lowest BCUT2D eigenvalue weighted by atomic mass is 9.89. The number of likely N-dealkylation sites (tertiary alicyclic amines) is 1. The number of hydrogen-bond acceptors (Lipinski definition) is 3. The second-order valence-electron chi connectivity index (χ2n) is 7.53. The summed E-state index contributed by atoms with van der Waals surface area (Å²) in [6, 6.07) is 10.5. The van der Waals surface area contributed by atoms with Gasteiger partial charge in [0.2, 0.25) is 0 Å². The van der Waals surface area contributed by atoms with E-state index < -0.39 is 0 Å². The molecule has 1 aliphatic carbocycles. The molecule has 3 aliphatic rings. The lowest BCUT2D eigenvalue weighted by Gasteiger charge is -2.39. The van der Waals surface area contributed by atoms with Crippen molar-refractivity contribution in [3.8, 4) is 5.75 Å². The van der Waals surface area contributed by atoms with Gasteiger partial charge in [0.15, 0.2) is 0 Å². The van der Waals surface area contributed by atoms with E-state index in [-0.39, 0.29) is 5.60 Å². The first kappa shape index (κ1) is 13.6. The maximum Gasteiger partial charge on any atom is 0.124 e. The number of ether oxygens (including phenoxy) is 1. The molecule has 0 amide bonds. The predicted octanol–water partition coefficient (Wildman–Crippen LogP) is 3.12. The summed E-state index contributed by atoms with van der Waals surface area (Å²) in [4.78, 5) is 2.67. The highest BCUT2D eigenvalue weighted by Gasteiger charge is 2.38. The zero-order chi connectivity index (χ0) is 14.4. The molecular weight excluding hydrogens is 260 g/mol. The number of para-hydroxylation sites is 1. The minimum Gasteiger partial charge on any atom is -0.487 e. The van der Waals surface area contributed by atoms with Gasteiger partial charge in [0, 0.05) is 43.2 Å². The average Bonchev–Trinajstić information content (AvgIpc) is 3.18. The Kier molecular flexibility index (Phi) is 3.23. The summed E-state index contributed by atoms with van der Waals surface area (Å²) < 4.78 is 6.13. The molecule has 1 saturated heterocycles. The number of fused-ring (bicyclic) bond motifs is 1. The Bertz CT molecular complexity index is 524. The van der Waals surface area contributed by atoms with Gasteiger partial charge in [-0.05, 0) is 39.2 Å². The zero-order valence-corrected chi connectivity index (χ0v) is 13.1. The van der Waals surface area contributed by atoms with Gasteiger partial charge in [0.25, 0.3) is 0 Å². The van der Waals surface area contributed by atoms with Gasteiger partial charge in [-0.2, -0.15) is 0 Å². The van der Waals surface area contributed by atoms with Gasteiger partial charge in [-0.1, -0.05) is 18.2 Å². The van der Waals surface area contributed by atoms with Gasteiger partial charge in [-0.25, -0.2) is 0 Å². The molecule has 0 radical (unpaired) electrons. The number of hydrogen-bond donors (Lipinski definition) is 1. The Morgan fingerprint density at radius 2 is 2.00 bits per heavy atom. The van der Waals surface area contributed by atoms with Crippen molar-refractivity contribution in [3.05, 3.63) is 29.8 Å². The first-order valence-corrected chi connectivity index (χ1v) is 8.39. The van der Waals surface area contributed by atoms with Crippen molar-refractivity contribution in [1.29, 1.82) is 0 Å². The molecule has 1 aromatic rings. The molecule has 0 spiro atoms. The van der Waals surface area contributed by atoms with Crippen molar-refractivity contribution in [1.82, 2.24) is 10.2 Å². The summed E-state index contributed by atoms with van der Waals surface area (Å²) in [5.41, 5.74) is 1.25. The van der Waals surface area contributed by atoms with Crippen molar-refractivity contribution in [2.45, 2.75) is 63.3 Å². The van der Waals surface area contributed by atoms with Gasteiger partial charge >= 0.3 is 0 Å². The first-order valence-electron chi connectivity index (χ1n) is 8.39. The van der Waals surface area contributed by atoms with Crippen LogP contribution >= 0.6 is 0 Å². The summed E-state index contributed by atoms with van der Waals surface area (Å²) in [5, 5.41) is 3.92. The van der Waals surface area contributed by atoms with Crippen LogP contribution in [0.5, 0.6) is 5.75 Å². The molecule has 3 heteroatoms. The molecule has 1 aromatic carbocycles. The summed E-state index contributed by atoms with van der Waals surface area (Å²) in [6.07, 6.45) is 5.17. The summed E-state index contributed by atoms with van der Waals surface area (Å²) in [6.45, 7) is 6.90. The topological polar surface area (TPSA) is 24.5 Å². The average molecular weight is 286 g/mol. The Balaban J connectivity index is 1.49. The first-order chi connectivity index (χ1) is 10.1. The van der Waals surface area contributed by atoms with Crippen LogP contribution in [-0.4, -0.2) is 35.7 Å². The predicted molar refractivity (Wildman–Crippen MR) is 84.6 cm³/mol. The van der Waals surface area contributed by atoms with E-state index in [2.05, 4.69) is 48.3 Å². The van der Waals surface area contributed by atoms with Gasteiger partial charge in [-0.15, -0.1) is 0 Å². The second kappa shape index (κ2) is 4.99. The van der Waals surface area contributed by atoms with Crippen LogP contribution in [0, 0.1) is 0 Å². The van der Waals surface area contributed by atoms with E-state index in [0.717, 1.165) is 18.2 Å². The van der Waals surface area contributed by atoms with Crippen LogP contribution in [0.2, 0.25) is 0 Å². The third-order valence-corrected chi connectivity index (χ3v) is 5.10. The van der Waals surface area contributed by atoms with Gasteiger partial charge in [0.1, 0.15) is 11.4 Å². The minimum atomic E-state index is -0.0825. The fraction of sp³-hybridized carbons (Fsp3) is 0.667. The molecule has 114 valence electrons. The number of nitrogens with one attached hydrogen (secondary N) is 1. The highest BCUT2D eigenvalue weighted by atomic mass is 16.5. The summed E-state index contributed by atoms with van der Waals surface area (Å²) in [5.74, 6) is 1.06. The molecule has 1 N–H and O–H groups in total. The van der Waals surface area contributed by atoms with Crippen molar-refractivity contribution in [3.63, 3.8) is 0 Å². The van der Waals surface area contributed by atoms with Crippen LogP contribution in [0.25, 0.3) is 0 Å². The standard InChI is InChI=1S/C18H26N2O/c1-18(2)11-16(15-5-3-4-6-17(15)21-18)19-13-9-10-20(12-13)14-7-8-14/h3-6,13-14,16,19H,7-12H2,1-2H3. The minimum absolute atomic E-state index is 0.0825. The van der Waals surface area contributed by atoms with E-state index in [9.17, 15) is 0 Å². The van der Waals surface area contributed by atoms with E-state index >= 15 is 0 Å². The molecule has 2 atom stereocenters. The molecule has 21 heavy (non-hydrogen) atoms. The Hall–Kier alpha value is -1.06. The Labute approximate surface area is 127 Å². The van der Waals surface area contributed by atoms with E-state index in [1.54, 1.807) is 0 Å². The van der Waals surface area contributed by atoms with Crippen LogP contribution in [0.4, 0.5) is 0 Å². The van der Waals surface area contributed by atoms with Gasteiger partial charge < -0.3 is 10.1 Å². The van der Waals surface area contributed by atoms with Crippen molar-refractivity contribution < 1.29 is 4.74 Å². The lowest BCUT2D eigenvalue weighted by molar-refractivity contribution is 0.0638. The van der Waals surface area contributed by atoms with E-state index in [4.69, 9.17) is 4.74 Å². The SMILES string of the molecule is CC1(C)CC(NC2CCN(C3CC3)C2)c2ccccc2O1. The van der Waals surface area contributed by atoms with Gasteiger partial charge in [0.05, 0.1) is 0 Å². The quantitative estimate of drug-likeness (QED) is 0.924. The largest absolute Gasteiger partial charge is 0.487 e. The fourth-order valence-electron chi connectivity index (χ4n) is 3.93. The van der Waals surface area contributed by atoms with Crippen LogP contribution in [0.15, 0.2) is 24.3 Å². The molecule has 2 heterocycles. The molecule has 1 saturated carbocycles. The zero-order valence-electron chi connectivity index (χ0n) is 13.1. The Morgan fingerprint density at radius 1 is 1.19 bits per heavy atom. The van der Waals surface area contributed by atoms with Crippen LogP contribution < -0.4 is 10.1 Å². The monoisotopic (exact) mass is 286 g/mol. The molecule has 0 bridgehead atoms. The number of benzene rings is 1. The Morgan fingerprint density at radius 3 is 2.81 bits per heavy atom. The molecule has 2 fully saturated rings. The number of rotatable bonds is 3. The van der Waals surface area contributed by atoms with Crippen LogP contribution in [0.1, 0.15) is 51.1 Å². The van der Waals surface area contributed by atoms with E-state index in [0.29, 0.717) is 12.1 Å². The summed E-state index contributed by atoms with van der Waals surface area (Å²) in [7, 11) is 0. The third-order valence-electron chi connectivity index (χ3n) is 5.10. The maximum atomic E-state index is 6.13. The smallest absolute Gasteiger partial charge is 0.124 e. The van der Waals surface area contributed by atoms with Gasteiger partial charge in [-0.3, -0.25) is 4.90 Å². The lowest BCUT2D eigenvalue weighted by Crippen LogP contribution is -2.43. The highest BCUT2D eigenvalue weighted by Crippen LogP contribution is 2.40. The summed E-state index contributed by atoms with van der Waals surface area (Å²) >= 11 is 0. The second-order valence-corrected chi connectivity index (χ2v) is 7.53. The van der Waals surface area contributed by atoms with Crippen molar-refractivity contribution in [2.24, 2.45) is 0 Å². The molecule has 4 rings (SSSR count). The number of nitrogens with zero attached hydrogens (tertiary/aromatic N) is 1. The highest BCUT2D eigenvalue weighted by molar-refractivity contribution is 5.38. The fourth-order valence-corrected chi connectivity index (χ4v) is 3.93. The molecule has 0 aromatic heterocycles. The van der Waals surface area contributed by atoms with E-state index in [1.807, 2.05) is 0 Å². The maximum absolute atomic E-state index is 6.13. The molecule has 2 unspecified atom stereocenters. The van der Waals surface area contributed by atoms with Crippen molar-refractivity contribution in [2.75, 3.05) is 13.1 Å².